The summed E-state index contributed by atoms with van der Waals surface area (Å²) in [5.41, 5.74) is 1.35. The van der Waals surface area contributed by atoms with Gasteiger partial charge in [0.15, 0.2) is 0 Å². The molecule has 0 spiro atoms. The Morgan fingerprint density at radius 3 is 2.67 bits per heavy atom. The lowest BCUT2D eigenvalue weighted by molar-refractivity contribution is 0.178. The Balaban J connectivity index is 1.95. The van der Waals surface area contributed by atoms with Crippen LogP contribution in [0.25, 0.3) is 0 Å². The van der Waals surface area contributed by atoms with E-state index in [0.29, 0.717) is 0 Å². The number of methoxy groups -OCH3 is 1. The third kappa shape index (κ3) is 3.48. The van der Waals surface area contributed by atoms with Gasteiger partial charge < -0.3 is 4.74 Å². The summed E-state index contributed by atoms with van der Waals surface area (Å²) >= 11 is 3.55. The maximum Gasteiger partial charge on any atom is 0.133 e. The molecule has 100 valence electrons. The minimum Gasteiger partial charge on any atom is -0.496 e. The molecule has 1 aliphatic carbocycles. The summed E-state index contributed by atoms with van der Waals surface area (Å²) in [6, 6.07) is 6.37. The molecule has 3 heteroatoms. The largest absolute Gasteiger partial charge is 0.496 e. The van der Waals surface area contributed by atoms with Crippen molar-refractivity contribution in [2.45, 2.75) is 32.7 Å². The second kappa shape index (κ2) is 6.58. The van der Waals surface area contributed by atoms with Gasteiger partial charge in [0.2, 0.25) is 0 Å². The number of hydrogen-bond donors (Lipinski definition) is 0. The van der Waals surface area contributed by atoms with Gasteiger partial charge in [0.05, 0.1) is 11.6 Å². The van der Waals surface area contributed by atoms with E-state index in [2.05, 4.69) is 39.9 Å². The topological polar surface area (TPSA) is 12.5 Å². The Morgan fingerprint density at radius 1 is 1.39 bits per heavy atom. The average molecular weight is 312 g/mol. The highest BCUT2D eigenvalue weighted by molar-refractivity contribution is 9.10. The molecule has 0 atom stereocenters. The van der Waals surface area contributed by atoms with Crippen molar-refractivity contribution < 1.29 is 4.74 Å². The number of rotatable bonds is 6. The minimum absolute atomic E-state index is 0.904. The fourth-order valence-electron chi connectivity index (χ4n) is 2.41. The van der Waals surface area contributed by atoms with Crippen molar-refractivity contribution in [2.75, 3.05) is 20.2 Å². The minimum atomic E-state index is 0.904. The van der Waals surface area contributed by atoms with E-state index in [9.17, 15) is 0 Å². The molecule has 1 saturated carbocycles. The van der Waals surface area contributed by atoms with Crippen LogP contribution < -0.4 is 4.74 Å². The zero-order chi connectivity index (χ0) is 13.0. The molecular weight excluding hydrogens is 290 g/mol. The molecule has 18 heavy (non-hydrogen) atoms. The van der Waals surface area contributed by atoms with E-state index in [4.69, 9.17) is 4.74 Å². The molecule has 0 amide bonds. The Bertz CT molecular complexity index is 390. The van der Waals surface area contributed by atoms with E-state index in [1.807, 2.05) is 6.07 Å². The smallest absolute Gasteiger partial charge is 0.133 e. The lowest BCUT2D eigenvalue weighted by Gasteiger charge is -2.31. The maximum absolute atomic E-state index is 5.26. The van der Waals surface area contributed by atoms with E-state index in [-0.39, 0.29) is 0 Å². The first-order valence-corrected chi connectivity index (χ1v) is 7.57. The summed E-state index contributed by atoms with van der Waals surface area (Å²) in [4.78, 5) is 2.54. The molecule has 0 N–H and O–H groups in total. The molecule has 0 aromatic heterocycles. The lowest BCUT2D eigenvalue weighted by Crippen LogP contribution is -2.32. The highest BCUT2D eigenvalue weighted by atomic mass is 79.9. The number of ether oxygens (including phenoxy) is 1. The van der Waals surface area contributed by atoms with Crippen LogP contribution in [0.3, 0.4) is 0 Å². The van der Waals surface area contributed by atoms with Gasteiger partial charge in [0.1, 0.15) is 5.75 Å². The maximum atomic E-state index is 5.26. The quantitative estimate of drug-likeness (QED) is 0.785. The van der Waals surface area contributed by atoms with Crippen molar-refractivity contribution in [3.8, 4) is 5.75 Å². The van der Waals surface area contributed by atoms with Gasteiger partial charge in [-0.1, -0.05) is 19.4 Å². The monoisotopic (exact) mass is 311 g/mol. The molecule has 1 aromatic carbocycles. The third-order valence-electron chi connectivity index (χ3n) is 3.81. The number of nitrogens with zero attached hydrogens (tertiary/aromatic N) is 1. The van der Waals surface area contributed by atoms with E-state index in [0.717, 1.165) is 29.2 Å². The van der Waals surface area contributed by atoms with Gasteiger partial charge in [0.25, 0.3) is 0 Å². The van der Waals surface area contributed by atoms with Gasteiger partial charge in [-0.25, -0.2) is 0 Å². The molecule has 0 saturated heterocycles. The Labute approximate surface area is 118 Å². The molecule has 1 fully saturated rings. The van der Waals surface area contributed by atoms with Gasteiger partial charge >= 0.3 is 0 Å². The van der Waals surface area contributed by atoms with Crippen LogP contribution in [0.5, 0.6) is 5.75 Å². The number of halogens is 1. The predicted molar refractivity (Wildman–Crippen MR) is 79.0 cm³/mol. The standard InChI is InChI=1S/C15H22BrNO/c1-3-17(10-12-5-4-6-12)11-13-7-8-15(18-2)14(16)9-13/h7-9,12H,3-6,10-11H2,1-2H3. The Kier molecular flexibility index (Phi) is 5.07. The SMILES string of the molecule is CCN(Cc1ccc(OC)c(Br)c1)CC1CCC1. The van der Waals surface area contributed by atoms with Gasteiger partial charge in [-0.15, -0.1) is 0 Å². The molecule has 0 aliphatic heterocycles. The van der Waals surface area contributed by atoms with Crippen LogP contribution in [0.1, 0.15) is 31.7 Å². The van der Waals surface area contributed by atoms with Crippen LogP contribution in [-0.2, 0) is 6.54 Å². The molecule has 2 rings (SSSR count). The molecule has 0 radical (unpaired) electrons. The molecule has 0 bridgehead atoms. The Morgan fingerprint density at radius 2 is 2.17 bits per heavy atom. The third-order valence-corrected chi connectivity index (χ3v) is 4.43. The van der Waals surface area contributed by atoms with Crippen LogP contribution in [0.15, 0.2) is 22.7 Å². The predicted octanol–water partition coefficient (Wildman–Crippen LogP) is 4.08. The van der Waals surface area contributed by atoms with Crippen molar-refractivity contribution in [3.05, 3.63) is 28.2 Å². The zero-order valence-corrected chi connectivity index (χ0v) is 12.9. The zero-order valence-electron chi connectivity index (χ0n) is 11.3. The fourth-order valence-corrected chi connectivity index (χ4v) is 3.00. The van der Waals surface area contributed by atoms with Crippen molar-refractivity contribution >= 4 is 15.9 Å². The van der Waals surface area contributed by atoms with Crippen LogP contribution in [0.4, 0.5) is 0 Å². The first-order valence-electron chi connectivity index (χ1n) is 6.77. The van der Waals surface area contributed by atoms with Gasteiger partial charge in [-0.3, -0.25) is 4.90 Å². The van der Waals surface area contributed by atoms with Crippen LogP contribution in [0, 0.1) is 5.92 Å². The normalized spacial score (nSPS) is 15.8. The summed E-state index contributed by atoms with van der Waals surface area (Å²) in [5.74, 6) is 1.84. The summed E-state index contributed by atoms with van der Waals surface area (Å²) in [6.45, 7) is 5.66. The molecule has 0 heterocycles. The molecule has 1 aliphatic rings. The summed E-state index contributed by atoms with van der Waals surface area (Å²) in [6.07, 6.45) is 4.27. The van der Waals surface area contributed by atoms with E-state index in [1.165, 1.54) is 31.4 Å². The van der Waals surface area contributed by atoms with Gasteiger partial charge in [-0.05, 0) is 58.9 Å². The van der Waals surface area contributed by atoms with Crippen LogP contribution in [0.2, 0.25) is 0 Å². The van der Waals surface area contributed by atoms with Crippen LogP contribution >= 0.6 is 15.9 Å². The molecule has 2 nitrogen and oxygen atoms in total. The van der Waals surface area contributed by atoms with E-state index in [1.54, 1.807) is 7.11 Å². The first kappa shape index (κ1) is 13.9. The molecular formula is C15H22BrNO. The average Bonchev–Trinajstić information content (AvgIpc) is 2.32. The number of benzene rings is 1. The summed E-state index contributed by atoms with van der Waals surface area (Å²) in [5, 5.41) is 0. The van der Waals surface area contributed by atoms with Gasteiger partial charge in [0, 0.05) is 13.1 Å². The second-order valence-corrected chi connectivity index (χ2v) is 5.95. The lowest BCUT2D eigenvalue weighted by atomic mass is 9.85. The summed E-state index contributed by atoms with van der Waals surface area (Å²) in [7, 11) is 1.70. The highest BCUT2D eigenvalue weighted by Crippen LogP contribution is 2.29. The highest BCUT2D eigenvalue weighted by Gasteiger charge is 2.20. The fraction of sp³-hybridized carbons (Fsp3) is 0.600. The van der Waals surface area contributed by atoms with Gasteiger partial charge in [-0.2, -0.15) is 0 Å². The first-order chi connectivity index (χ1) is 8.72. The molecule has 1 aromatic rings. The van der Waals surface area contributed by atoms with E-state index >= 15 is 0 Å². The van der Waals surface area contributed by atoms with Crippen molar-refractivity contribution in [1.82, 2.24) is 4.90 Å². The van der Waals surface area contributed by atoms with Crippen molar-refractivity contribution in [2.24, 2.45) is 5.92 Å². The molecule has 0 unspecified atom stereocenters. The Hall–Kier alpha value is -0.540. The van der Waals surface area contributed by atoms with Crippen LogP contribution in [-0.4, -0.2) is 25.1 Å². The number of hydrogen-bond acceptors (Lipinski definition) is 2. The van der Waals surface area contributed by atoms with E-state index < -0.39 is 0 Å². The summed E-state index contributed by atoms with van der Waals surface area (Å²) < 4.78 is 6.31. The van der Waals surface area contributed by atoms with Crippen molar-refractivity contribution in [3.63, 3.8) is 0 Å². The second-order valence-electron chi connectivity index (χ2n) is 5.09. The van der Waals surface area contributed by atoms with Crippen molar-refractivity contribution in [1.29, 1.82) is 0 Å².